The lowest BCUT2D eigenvalue weighted by atomic mass is 9.92. The number of methoxy groups -OCH3 is 2. The molecule has 0 amide bonds. The van der Waals surface area contributed by atoms with Crippen LogP contribution >= 0.6 is 0 Å². The van der Waals surface area contributed by atoms with Crippen LogP contribution in [-0.2, 0) is 11.6 Å². The Balaban J connectivity index is 2.65. The maximum absolute atomic E-state index is 13.1. The number of halogens is 3. The fourth-order valence-corrected chi connectivity index (χ4v) is 2.28. The van der Waals surface area contributed by atoms with Gasteiger partial charge in [0, 0.05) is 17.5 Å². The number of hydrogen-bond acceptors (Lipinski definition) is 3. The van der Waals surface area contributed by atoms with E-state index in [1.165, 1.54) is 14.2 Å². The van der Waals surface area contributed by atoms with E-state index < -0.39 is 17.2 Å². The number of benzene rings is 1. The molecule has 1 aliphatic rings. The summed E-state index contributed by atoms with van der Waals surface area (Å²) in [7, 11) is 2.58. The van der Waals surface area contributed by atoms with Gasteiger partial charge < -0.3 is 15.2 Å². The van der Waals surface area contributed by atoms with Crippen molar-refractivity contribution in [2.75, 3.05) is 20.8 Å². The molecule has 1 aromatic carbocycles. The van der Waals surface area contributed by atoms with Gasteiger partial charge in [0.25, 0.3) is 0 Å². The Morgan fingerprint density at radius 1 is 1.21 bits per heavy atom. The van der Waals surface area contributed by atoms with Gasteiger partial charge in [0.15, 0.2) is 0 Å². The van der Waals surface area contributed by atoms with E-state index in [0.29, 0.717) is 12.1 Å². The third-order valence-electron chi connectivity index (χ3n) is 3.62. The Morgan fingerprint density at radius 3 is 2.21 bits per heavy atom. The SMILES string of the molecule is COc1cc(C(F)(F)F)c(OC)c(C2(CN)CC2)c1. The summed E-state index contributed by atoms with van der Waals surface area (Å²) in [6, 6.07) is 2.54. The third-order valence-corrected chi connectivity index (χ3v) is 3.62. The first-order valence-corrected chi connectivity index (χ1v) is 5.92. The van der Waals surface area contributed by atoms with E-state index in [-0.39, 0.29) is 11.5 Å². The molecule has 2 rings (SSSR count). The molecule has 1 fully saturated rings. The predicted octanol–water partition coefficient (Wildman–Crippen LogP) is 2.71. The van der Waals surface area contributed by atoms with Crippen molar-refractivity contribution in [3.63, 3.8) is 0 Å². The lowest BCUT2D eigenvalue weighted by Gasteiger charge is -2.22. The van der Waals surface area contributed by atoms with Crippen molar-refractivity contribution >= 4 is 0 Å². The zero-order valence-electron chi connectivity index (χ0n) is 10.8. The molecule has 1 aromatic rings. The van der Waals surface area contributed by atoms with Gasteiger partial charge >= 0.3 is 6.18 Å². The molecule has 0 unspecified atom stereocenters. The predicted molar refractivity (Wildman–Crippen MR) is 64.5 cm³/mol. The van der Waals surface area contributed by atoms with Crippen molar-refractivity contribution in [1.29, 1.82) is 0 Å². The van der Waals surface area contributed by atoms with Gasteiger partial charge in [0.2, 0.25) is 0 Å². The Hall–Kier alpha value is -1.43. The van der Waals surface area contributed by atoms with Gasteiger partial charge in [0.1, 0.15) is 17.1 Å². The molecule has 0 aromatic heterocycles. The van der Waals surface area contributed by atoms with Crippen molar-refractivity contribution in [1.82, 2.24) is 0 Å². The van der Waals surface area contributed by atoms with Crippen molar-refractivity contribution in [3.8, 4) is 11.5 Å². The Morgan fingerprint density at radius 2 is 1.84 bits per heavy atom. The minimum Gasteiger partial charge on any atom is -0.497 e. The number of nitrogens with two attached hydrogens (primary N) is 1. The lowest BCUT2D eigenvalue weighted by Crippen LogP contribution is -2.22. The number of alkyl halides is 3. The molecule has 0 heterocycles. The van der Waals surface area contributed by atoms with E-state index in [0.717, 1.165) is 18.9 Å². The molecule has 0 radical (unpaired) electrons. The van der Waals surface area contributed by atoms with Crippen LogP contribution in [0, 0.1) is 0 Å². The number of ether oxygens (including phenoxy) is 2. The van der Waals surface area contributed by atoms with Gasteiger partial charge in [-0.25, -0.2) is 0 Å². The summed E-state index contributed by atoms with van der Waals surface area (Å²) in [6.07, 6.45) is -2.95. The van der Waals surface area contributed by atoms with E-state index in [1.807, 2.05) is 0 Å². The molecule has 1 saturated carbocycles. The van der Waals surface area contributed by atoms with E-state index in [2.05, 4.69) is 0 Å². The number of hydrogen-bond donors (Lipinski definition) is 1. The zero-order chi connectivity index (χ0) is 14.3. The van der Waals surface area contributed by atoms with Gasteiger partial charge in [-0.2, -0.15) is 13.2 Å². The summed E-state index contributed by atoms with van der Waals surface area (Å²) in [5, 5.41) is 0. The van der Waals surface area contributed by atoms with Crippen LogP contribution in [0.25, 0.3) is 0 Å². The highest BCUT2D eigenvalue weighted by molar-refractivity contribution is 5.54. The molecule has 19 heavy (non-hydrogen) atoms. The maximum Gasteiger partial charge on any atom is 0.420 e. The minimum absolute atomic E-state index is 0.142. The van der Waals surface area contributed by atoms with Crippen LogP contribution in [0.4, 0.5) is 13.2 Å². The fraction of sp³-hybridized carbons (Fsp3) is 0.538. The van der Waals surface area contributed by atoms with Crippen LogP contribution in [0.15, 0.2) is 12.1 Å². The topological polar surface area (TPSA) is 44.5 Å². The quantitative estimate of drug-likeness (QED) is 0.919. The molecule has 6 heteroatoms. The molecule has 0 atom stereocenters. The summed E-state index contributed by atoms with van der Waals surface area (Å²) in [6.45, 7) is 0.299. The van der Waals surface area contributed by atoms with E-state index in [9.17, 15) is 13.2 Å². The third kappa shape index (κ3) is 2.36. The average molecular weight is 275 g/mol. The first-order valence-electron chi connectivity index (χ1n) is 5.92. The Labute approximate surface area is 109 Å². The van der Waals surface area contributed by atoms with Gasteiger partial charge in [-0.1, -0.05) is 0 Å². The summed E-state index contributed by atoms with van der Waals surface area (Å²) in [5.41, 5.74) is 4.97. The second-order valence-corrected chi connectivity index (χ2v) is 4.74. The minimum atomic E-state index is -4.49. The second kappa shape index (κ2) is 4.59. The van der Waals surface area contributed by atoms with Crippen LogP contribution in [-0.4, -0.2) is 20.8 Å². The van der Waals surface area contributed by atoms with E-state index in [1.54, 1.807) is 6.07 Å². The summed E-state index contributed by atoms with van der Waals surface area (Å²) in [5.74, 6) is 0.0269. The molecule has 1 aliphatic carbocycles. The van der Waals surface area contributed by atoms with Crippen molar-refractivity contribution in [3.05, 3.63) is 23.3 Å². The molecular weight excluding hydrogens is 259 g/mol. The van der Waals surface area contributed by atoms with Gasteiger partial charge in [-0.05, 0) is 25.0 Å². The van der Waals surface area contributed by atoms with Crippen LogP contribution in [0.1, 0.15) is 24.0 Å². The van der Waals surface area contributed by atoms with E-state index >= 15 is 0 Å². The van der Waals surface area contributed by atoms with Gasteiger partial charge in [-0.3, -0.25) is 0 Å². The van der Waals surface area contributed by atoms with Crippen LogP contribution < -0.4 is 15.2 Å². The van der Waals surface area contributed by atoms with E-state index in [4.69, 9.17) is 15.2 Å². The molecule has 2 N–H and O–H groups in total. The normalized spacial score (nSPS) is 17.2. The molecule has 0 saturated heterocycles. The van der Waals surface area contributed by atoms with Crippen LogP contribution in [0.3, 0.4) is 0 Å². The monoisotopic (exact) mass is 275 g/mol. The highest BCUT2D eigenvalue weighted by Gasteiger charge is 2.47. The first kappa shape index (κ1) is 14.0. The largest absolute Gasteiger partial charge is 0.497 e. The molecule has 3 nitrogen and oxygen atoms in total. The summed E-state index contributed by atoms with van der Waals surface area (Å²) >= 11 is 0. The summed E-state index contributed by atoms with van der Waals surface area (Å²) < 4.78 is 49.2. The van der Waals surface area contributed by atoms with Crippen LogP contribution in [0.5, 0.6) is 11.5 Å². The standard InChI is InChI=1S/C13H16F3NO2/c1-18-8-5-9(12(7-17)3-4-12)11(19-2)10(6-8)13(14,15)16/h5-6H,3-4,7,17H2,1-2H3. The molecule has 0 aliphatic heterocycles. The fourth-order valence-electron chi connectivity index (χ4n) is 2.28. The van der Waals surface area contributed by atoms with Crippen molar-refractivity contribution < 1.29 is 22.6 Å². The van der Waals surface area contributed by atoms with Crippen LogP contribution in [0.2, 0.25) is 0 Å². The first-order chi connectivity index (χ1) is 8.88. The van der Waals surface area contributed by atoms with Gasteiger partial charge in [-0.15, -0.1) is 0 Å². The zero-order valence-corrected chi connectivity index (χ0v) is 10.8. The van der Waals surface area contributed by atoms with Crippen molar-refractivity contribution in [2.24, 2.45) is 5.73 Å². The maximum atomic E-state index is 13.1. The van der Waals surface area contributed by atoms with Gasteiger partial charge in [0.05, 0.1) is 14.2 Å². The lowest BCUT2D eigenvalue weighted by molar-refractivity contribution is -0.138. The number of rotatable bonds is 4. The Bertz CT molecular complexity index is 482. The average Bonchev–Trinajstić information content (AvgIpc) is 3.17. The highest BCUT2D eigenvalue weighted by atomic mass is 19.4. The highest BCUT2D eigenvalue weighted by Crippen LogP contribution is 2.54. The smallest absolute Gasteiger partial charge is 0.420 e. The molecule has 0 spiro atoms. The van der Waals surface area contributed by atoms with Crippen molar-refractivity contribution in [2.45, 2.75) is 24.4 Å². The summed E-state index contributed by atoms with van der Waals surface area (Å²) in [4.78, 5) is 0. The molecular formula is C13H16F3NO2. The Kier molecular flexibility index (Phi) is 3.38. The second-order valence-electron chi connectivity index (χ2n) is 4.74. The molecule has 106 valence electrons. The molecule has 0 bridgehead atoms.